The minimum absolute atomic E-state index is 0.152. The largest absolute Gasteiger partial charge is 0.467 e. The van der Waals surface area contributed by atoms with Crippen LogP contribution in [0.5, 0.6) is 5.88 Å². The third-order valence-corrected chi connectivity index (χ3v) is 3.11. The molecule has 118 valence electrons. The Balaban J connectivity index is 2.03. The fourth-order valence-electron chi connectivity index (χ4n) is 1.76. The number of amides is 1. The highest BCUT2D eigenvalue weighted by atomic mass is 16.5. The number of aromatic nitrogens is 3. The summed E-state index contributed by atoms with van der Waals surface area (Å²) in [6.07, 6.45) is 0. The number of anilines is 1. The highest BCUT2D eigenvalue weighted by Crippen LogP contribution is 2.20. The van der Waals surface area contributed by atoms with Crippen LogP contribution in [0.3, 0.4) is 0 Å². The van der Waals surface area contributed by atoms with Gasteiger partial charge in [-0.15, -0.1) is 0 Å². The number of nitrogens with zero attached hydrogens (tertiary/aromatic N) is 3. The fourth-order valence-corrected chi connectivity index (χ4v) is 1.76. The first kappa shape index (κ1) is 15.9. The van der Waals surface area contributed by atoms with Gasteiger partial charge in [0.25, 0.3) is 5.91 Å². The first-order valence-electron chi connectivity index (χ1n) is 7.08. The molecule has 0 aliphatic carbocycles. The molecule has 2 aromatic heterocycles. The lowest BCUT2D eigenvalue weighted by molar-refractivity contribution is -0.118. The Morgan fingerprint density at radius 3 is 2.64 bits per heavy atom. The van der Waals surface area contributed by atoms with E-state index in [4.69, 9.17) is 9.26 Å². The zero-order chi connectivity index (χ0) is 16.3. The molecule has 0 bridgehead atoms. The predicted molar refractivity (Wildman–Crippen MR) is 81.0 cm³/mol. The molecule has 0 saturated heterocycles. The minimum Gasteiger partial charge on any atom is -0.467 e. The van der Waals surface area contributed by atoms with E-state index in [2.05, 4.69) is 20.4 Å². The Hall–Kier alpha value is -2.44. The molecular formula is C15H20N4O3. The molecule has 0 aliphatic heterocycles. The van der Waals surface area contributed by atoms with Gasteiger partial charge in [0.1, 0.15) is 11.6 Å². The number of hydrogen-bond acceptors (Lipinski definition) is 6. The topological polar surface area (TPSA) is 90.1 Å². The number of aryl methyl sites for hydroxylation is 2. The molecule has 0 aromatic carbocycles. The summed E-state index contributed by atoms with van der Waals surface area (Å²) in [4.78, 5) is 20.6. The van der Waals surface area contributed by atoms with E-state index >= 15 is 0 Å². The van der Waals surface area contributed by atoms with Crippen LogP contribution in [0.2, 0.25) is 0 Å². The lowest BCUT2D eigenvalue weighted by Gasteiger charge is -2.12. The molecular weight excluding hydrogens is 284 g/mol. The highest BCUT2D eigenvalue weighted by molar-refractivity contribution is 5.90. The van der Waals surface area contributed by atoms with Gasteiger partial charge in [0.15, 0.2) is 12.4 Å². The molecule has 2 aromatic rings. The summed E-state index contributed by atoms with van der Waals surface area (Å²) in [7, 11) is 0. The summed E-state index contributed by atoms with van der Waals surface area (Å²) >= 11 is 0. The normalized spacial score (nSPS) is 10.8. The van der Waals surface area contributed by atoms with E-state index in [0.717, 1.165) is 11.3 Å². The molecule has 22 heavy (non-hydrogen) atoms. The van der Waals surface area contributed by atoms with Crippen LogP contribution in [0.15, 0.2) is 10.6 Å². The van der Waals surface area contributed by atoms with Crippen molar-refractivity contribution < 1.29 is 14.1 Å². The van der Waals surface area contributed by atoms with Gasteiger partial charge < -0.3 is 14.6 Å². The van der Waals surface area contributed by atoms with Crippen molar-refractivity contribution in [2.75, 3.05) is 11.9 Å². The summed E-state index contributed by atoms with van der Waals surface area (Å²) in [5, 5.41) is 6.28. The van der Waals surface area contributed by atoms with E-state index in [1.807, 2.05) is 27.7 Å². The van der Waals surface area contributed by atoms with Crippen LogP contribution in [0.25, 0.3) is 0 Å². The summed E-state index contributed by atoms with van der Waals surface area (Å²) in [5.41, 5.74) is 1.68. The SMILES string of the molecule is Cc1cc(NC(=O)COc2nc(C(C)C)nc(C)c2C)no1. The molecule has 0 radical (unpaired) electrons. The van der Waals surface area contributed by atoms with Gasteiger partial charge in [-0.1, -0.05) is 19.0 Å². The van der Waals surface area contributed by atoms with Crippen molar-refractivity contribution >= 4 is 11.7 Å². The molecule has 1 amide bonds. The molecule has 7 heteroatoms. The Bertz CT molecular complexity index is 679. The van der Waals surface area contributed by atoms with Crippen LogP contribution >= 0.6 is 0 Å². The Kier molecular flexibility index (Phi) is 4.75. The van der Waals surface area contributed by atoms with E-state index in [9.17, 15) is 4.79 Å². The molecule has 0 fully saturated rings. The van der Waals surface area contributed by atoms with Crippen molar-refractivity contribution in [1.29, 1.82) is 0 Å². The third-order valence-electron chi connectivity index (χ3n) is 3.11. The maximum atomic E-state index is 11.8. The molecule has 2 rings (SSSR count). The minimum atomic E-state index is -0.324. The summed E-state index contributed by atoms with van der Waals surface area (Å²) in [6.45, 7) is 9.38. The Morgan fingerprint density at radius 2 is 2.05 bits per heavy atom. The molecule has 0 atom stereocenters. The second-order valence-electron chi connectivity index (χ2n) is 5.41. The molecule has 0 aliphatic rings. The number of nitrogens with one attached hydrogen (secondary N) is 1. The number of ether oxygens (including phenoxy) is 1. The van der Waals surface area contributed by atoms with Crippen LogP contribution in [-0.4, -0.2) is 27.6 Å². The van der Waals surface area contributed by atoms with Crippen LogP contribution in [0.1, 0.15) is 42.6 Å². The van der Waals surface area contributed by atoms with Gasteiger partial charge >= 0.3 is 0 Å². The zero-order valence-electron chi connectivity index (χ0n) is 13.4. The smallest absolute Gasteiger partial charge is 0.263 e. The van der Waals surface area contributed by atoms with Crippen LogP contribution in [-0.2, 0) is 4.79 Å². The quantitative estimate of drug-likeness (QED) is 0.913. The average Bonchev–Trinajstić information content (AvgIpc) is 2.85. The Morgan fingerprint density at radius 1 is 1.32 bits per heavy atom. The Labute approximate surface area is 129 Å². The number of carbonyl (C=O) groups is 1. The molecule has 0 saturated carbocycles. The standard InChI is InChI=1S/C15H20N4O3/c1-8(2)14-16-11(5)10(4)15(18-14)21-7-13(20)17-12-6-9(3)22-19-12/h6,8H,7H2,1-5H3,(H,17,19,20). The molecule has 0 unspecified atom stereocenters. The first-order chi connectivity index (χ1) is 10.4. The third kappa shape index (κ3) is 3.81. The fraction of sp³-hybridized carbons (Fsp3) is 0.467. The van der Waals surface area contributed by atoms with Crippen molar-refractivity contribution in [1.82, 2.24) is 15.1 Å². The number of rotatable bonds is 5. The highest BCUT2D eigenvalue weighted by Gasteiger charge is 2.13. The predicted octanol–water partition coefficient (Wildman–Crippen LogP) is 2.53. The van der Waals surface area contributed by atoms with Crippen molar-refractivity contribution in [3.8, 4) is 5.88 Å². The molecule has 7 nitrogen and oxygen atoms in total. The number of hydrogen-bond donors (Lipinski definition) is 1. The van der Waals surface area contributed by atoms with Gasteiger partial charge in [-0.05, 0) is 20.8 Å². The van der Waals surface area contributed by atoms with Gasteiger partial charge in [0.2, 0.25) is 5.88 Å². The van der Waals surface area contributed by atoms with Crippen molar-refractivity contribution in [3.63, 3.8) is 0 Å². The zero-order valence-corrected chi connectivity index (χ0v) is 13.4. The first-order valence-corrected chi connectivity index (χ1v) is 7.08. The summed E-state index contributed by atoms with van der Waals surface area (Å²) in [5.74, 6) is 1.99. The average molecular weight is 304 g/mol. The van der Waals surface area contributed by atoms with Crippen molar-refractivity contribution in [3.05, 3.63) is 28.9 Å². The van der Waals surface area contributed by atoms with Gasteiger partial charge in [-0.2, -0.15) is 4.98 Å². The van der Waals surface area contributed by atoms with E-state index in [1.54, 1.807) is 13.0 Å². The van der Waals surface area contributed by atoms with Gasteiger partial charge in [0.05, 0.1) is 0 Å². The second kappa shape index (κ2) is 6.55. The van der Waals surface area contributed by atoms with E-state index in [0.29, 0.717) is 23.3 Å². The van der Waals surface area contributed by atoms with E-state index < -0.39 is 0 Å². The summed E-state index contributed by atoms with van der Waals surface area (Å²) in [6, 6.07) is 1.63. The lowest BCUT2D eigenvalue weighted by Crippen LogP contribution is -2.21. The maximum Gasteiger partial charge on any atom is 0.263 e. The molecule has 1 N–H and O–H groups in total. The number of carbonyl (C=O) groups excluding carboxylic acids is 1. The van der Waals surface area contributed by atoms with E-state index in [-0.39, 0.29) is 18.4 Å². The summed E-state index contributed by atoms with van der Waals surface area (Å²) < 4.78 is 10.4. The van der Waals surface area contributed by atoms with Crippen LogP contribution in [0.4, 0.5) is 5.82 Å². The van der Waals surface area contributed by atoms with Crippen LogP contribution < -0.4 is 10.1 Å². The van der Waals surface area contributed by atoms with E-state index in [1.165, 1.54) is 0 Å². The molecule has 0 spiro atoms. The van der Waals surface area contributed by atoms with Gasteiger partial charge in [-0.25, -0.2) is 4.98 Å². The van der Waals surface area contributed by atoms with Crippen molar-refractivity contribution in [2.45, 2.75) is 40.5 Å². The molecule has 2 heterocycles. The second-order valence-corrected chi connectivity index (χ2v) is 5.41. The van der Waals surface area contributed by atoms with Gasteiger partial charge in [0, 0.05) is 23.2 Å². The van der Waals surface area contributed by atoms with Crippen LogP contribution in [0, 0.1) is 20.8 Å². The lowest BCUT2D eigenvalue weighted by atomic mass is 10.2. The monoisotopic (exact) mass is 304 g/mol. The van der Waals surface area contributed by atoms with Crippen molar-refractivity contribution in [2.24, 2.45) is 0 Å². The van der Waals surface area contributed by atoms with Gasteiger partial charge in [-0.3, -0.25) is 4.79 Å². The maximum absolute atomic E-state index is 11.8.